The normalized spacial score (nSPS) is 10.4. The summed E-state index contributed by atoms with van der Waals surface area (Å²) in [6, 6.07) is 8.43. The van der Waals surface area contributed by atoms with Gasteiger partial charge in [-0.1, -0.05) is 6.07 Å². The predicted octanol–water partition coefficient (Wildman–Crippen LogP) is 2.45. The van der Waals surface area contributed by atoms with Crippen molar-refractivity contribution in [2.75, 3.05) is 0 Å². The van der Waals surface area contributed by atoms with E-state index in [1.54, 1.807) is 18.2 Å². The lowest BCUT2D eigenvalue weighted by Gasteiger charge is -2.19. The molecule has 0 fully saturated rings. The minimum absolute atomic E-state index is 0.343. The van der Waals surface area contributed by atoms with Gasteiger partial charge in [0.25, 0.3) is 0 Å². The minimum Gasteiger partial charge on any atom is -0.410 e. The van der Waals surface area contributed by atoms with E-state index in [9.17, 15) is 4.79 Å². The van der Waals surface area contributed by atoms with Crippen molar-refractivity contribution < 1.29 is 9.53 Å². The van der Waals surface area contributed by atoms with E-state index in [1.807, 2.05) is 26.8 Å². The van der Waals surface area contributed by atoms with Gasteiger partial charge in [-0.05, 0) is 39.0 Å². The van der Waals surface area contributed by atoms with Gasteiger partial charge in [-0.15, -0.1) is 0 Å². The van der Waals surface area contributed by atoms with E-state index in [0.29, 0.717) is 11.3 Å². The summed E-state index contributed by atoms with van der Waals surface area (Å²) in [7, 11) is 0. The highest BCUT2D eigenvalue weighted by molar-refractivity contribution is 5.71. The lowest BCUT2D eigenvalue weighted by atomic mass is 10.1. The van der Waals surface area contributed by atoms with Crippen molar-refractivity contribution in [3.8, 4) is 11.8 Å². The van der Waals surface area contributed by atoms with Gasteiger partial charge in [0.1, 0.15) is 5.75 Å². The van der Waals surface area contributed by atoms with E-state index >= 15 is 0 Å². The smallest absolute Gasteiger partial charge is 0.410 e. The van der Waals surface area contributed by atoms with Gasteiger partial charge in [0.2, 0.25) is 0 Å². The Hall–Kier alpha value is -2.02. The fraction of sp³-hybridized carbons (Fsp3) is 0.333. The predicted molar refractivity (Wildman–Crippen MR) is 60.1 cm³/mol. The molecule has 0 aliphatic carbocycles. The van der Waals surface area contributed by atoms with Crippen molar-refractivity contribution in [3.05, 3.63) is 29.8 Å². The van der Waals surface area contributed by atoms with Crippen LogP contribution in [0.3, 0.4) is 0 Å². The maximum Gasteiger partial charge on any atom is 0.413 e. The largest absolute Gasteiger partial charge is 0.413 e. The number of amides is 1. The van der Waals surface area contributed by atoms with E-state index in [1.165, 1.54) is 6.07 Å². The molecule has 0 aliphatic heterocycles. The quantitative estimate of drug-likeness (QED) is 0.787. The van der Waals surface area contributed by atoms with Crippen LogP contribution < -0.4 is 10.1 Å². The summed E-state index contributed by atoms with van der Waals surface area (Å²) >= 11 is 0. The summed E-state index contributed by atoms with van der Waals surface area (Å²) in [4.78, 5) is 11.4. The highest BCUT2D eigenvalue weighted by Gasteiger charge is 2.15. The number of carbonyl (C=O) groups excluding carboxylic acids is 1. The fourth-order valence-electron chi connectivity index (χ4n) is 1.07. The average molecular weight is 218 g/mol. The first-order valence-corrected chi connectivity index (χ1v) is 4.91. The lowest BCUT2D eigenvalue weighted by Crippen LogP contribution is -2.42. The molecular weight excluding hydrogens is 204 g/mol. The Bertz CT molecular complexity index is 427. The third kappa shape index (κ3) is 4.01. The molecule has 1 aromatic rings. The molecule has 4 heteroatoms. The Morgan fingerprint density at radius 2 is 2.12 bits per heavy atom. The van der Waals surface area contributed by atoms with Crippen molar-refractivity contribution in [3.63, 3.8) is 0 Å². The Morgan fingerprint density at radius 1 is 1.44 bits per heavy atom. The first-order chi connectivity index (χ1) is 7.40. The molecule has 0 spiro atoms. The van der Waals surface area contributed by atoms with Crippen LogP contribution in [-0.2, 0) is 0 Å². The fourth-order valence-corrected chi connectivity index (χ4v) is 1.07. The van der Waals surface area contributed by atoms with Gasteiger partial charge in [-0.3, -0.25) is 0 Å². The summed E-state index contributed by atoms with van der Waals surface area (Å²) < 4.78 is 5.03. The van der Waals surface area contributed by atoms with Crippen molar-refractivity contribution in [1.82, 2.24) is 5.32 Å². The molecule has 0 saturated heterocycles. The van der Waals surface area contributed by atoms with E-state index in [0.717, 1.165) is 0 Å². The lowest BCUT2D eigenvalue weighted by molar-refractivity contribution is 0.190. The first kappa shape index (κ1) is 12.1. The number of rotatable bonds is 1. The molecule has 1 rings (SSSR count). The maximum absolute atomic E-state index is 11.4. The number of carbonyl (C=O) groups is 1. The molecule has 1 amide bonds. The molecule has 16 heavy (non-hydrogen) atoms. The average Bonchev–Trinajstić information content (AvgIpc) is 2.15. The number of hydrogen-bond acceptors (Lipinski definition) is 3. The van der Waals surface area contributed by atoms with Gasteiger partial charge in [-0.25, -0.2) is 4.79 Å². The highest BCUT2D eigenvalue weighted by Crippen LogP contribution is 2.13. The van der Waals surface area contributed by atoms with Crippen LogP contribution in [0.1, 0.15) is 26.3 Å². The van der Waals surface area contributed by atoms with Crippen LogP contribution in [-0.4, -0.2) is 11.6 Å². The number of nitrogens with zero attached hydrogens (tertiary/aromatic N) is 1. The molecule has 1 aromatic carbocycles. The van der Waals surface area contributed by atoms with Crippen LogP contribution in [0, 0.1) is 11.3 Å². The summed E-state index contributed by atoms with van der Waals surface area (Å²) in [5.41, 5.74) is 0.116. The van der Waals surface area contributed by atoms with E-state index in [4.69, 9.17) is 10.00 Å². The van der Waals surface area contributed by atoms with Gasteiger partial charge in [-0.2, -0.15) is 5.26 Å². The van der Waals surface area contributed by atoms with Crippen LogP contribution in [0.15, 0.2) is 24.3 Å². The third-order valence-electron chi connectivity index (χ3n) is 1.65. The van der Waals surface area contributed by atoms with Gasteiger partial charge in [0.15, 0.2) is 0 Å². The monoisotopic (exact) mass is 218 g/mol. The zero-order valence-corrected chi connectivity index (χ0v) is 9.57. The van der Waals surface area contributed by atoms with E-state index in [-0.39, 0.29) is 5.54 Å². The Labute approximate surface area is 94.8 Å². The molecule has 0 unspecified atom stereocenters. The number of nitrogens with one attached hydrogen (secondary N) is 1. The molecule has 4 nitrogen and oxygen atoms in total. The standard InChI is InChI=1S/C12H14N2O2/c1-12(2,3)14-11(15)16-10-6-4-5-9(7-10)8-13/h4-7H,1-3H3,(H,14,15). The molecule has 0 aliphatic rings. The second-order valence-electron chi connectivity index (χ2n) is 4.40. The van der Waals surface area contributed by atoms with Crippen LogP contribution in [0.2, 0.25) is 0 Å². The van der Waals surface area contributed by atoms with Crippen LogP contribution >= 0.6 is 0 Å². The van der Waals surface area contributed by atoms with Crippen molar-refractivity contribution >= 4 is 6.09 Å². The molecule has 0 atom stereocenters. The Morgan fingerprint density at radius 3 is 2.69 bits per heavy atom. The van der Waals surface area contributed by atoms with E-state index in [2.05, 4.69) is 5.32 Å². The number of ether oxygens (including phenoxy) is 1. The van der Waals surface area contributed by atoms with E-state index < -0.39 is 6.09 Å². The Kier molecular flexibility index (Phi) is 3.51. The van der Waals surface area contributed by atoms with Crippen molar-refractivity contribution in [2.45, 2.75) is 26.3 Å². The molecule has 0 aromatic heterocycles. The number of benzene rings is 1. The molecule has 0 bridgehead atoms. The molecule has 84 valence electrons. The summed E-state index contributed by atoms with van der Waals surface area (Å²) in [5, 5.41) is 11.3. The summed E-state index contributed by atoms with van der Waals surface area (Å²) in [6.45, 7) is 5.58. The molecular formula is C12H14N2O2. The van der Waals surface area contributed by atoms with Crippen LogP contribution in [0.25, 0.3) is 0 Å². The molecule has 1 N–H and O–H groups in total. The van der Waals surface area contributed by atoms with Crippen molar-refractivity contribution in [2.24, 2.45) is 0 Å². The van der Waals surface area contributed by atoms with Gasteiger partial charge in [0.05, 0.1) is 11.6 Å². The minimum atomic E-state index is -0.525. The zero-order valence-electron chi connectivity index (χ0n) is 9.57. The van der Waals surface area contributed by atoms with Gasteiger partial charge >= 0.3 is 6.09 Å². The number of nitriles is 1. The van der Waals surface area contributed by atoms with Crippen LogP contribution in [0.4, 0.5) is 4.79 Å². The second kappa shape index (κ2) is 4.67. The Balaban J connectivity index is 2.67. The third-order valence-corrected chi connectivity index (χ3v) is 1.65. The second-order valence-corrected chi connectivity index (χ2v) is 4.40. The topological polar surface area (TPSA) is 62.1 Å². The summed E-state index contributed by atoms with van der Waals surface area (Å²) in [6.07, 6.45) is -0.525. The zero-order chi connectivity index (χ0) is 12.2. The summed E-state index contributed by atoms with van der Waals surface area (Å²) in [5.74, 6) is 0.362. The van der Waals surface area contributed by atoms with Crippen LogP contribution in [0.5, 0.6) is 5.75 Å². The molecule has 0 heterocycles. The SMILES string of the molecule is CC(C)(C)NC(=O)Oc1cccc(C#N)c1. The number of hydrogen-bond donors (Lipinski definition) is 1. The first-order valence-electron chi connectivity index (χ1n) is 4.91. The van der Waals surface area contributed by atoms with Gasteiger partial charge in [0, 0.05) is 5.54 Å². The maximum atomic E-state index is 11.4. The van der Waals surface area contributed by atoms with Crippen molar-refractivity contribution in [1.29, 1.82) is 5.26 Å². The molecule has 0 saturated carbocycles. The molecule has 0 radical (unpaired) electrons. The van der Waals surface area contributed by atoms with Gasteiger partial charge < -0.3 is 10.1 Å². The highest BCUT2D eigenvalue weighted by atomic mass is 16.6.